The molecule has 234 valence electrons. The molecule has 1 N–H and O–H groups in total. The van der Waals surface area contributed by atoms with Gasteiger partial charge in [0.15, 0.2) is 5.82 Å². The molecule has 4 aromatic rings. The van der Waals surface area contributed by atoms with Crippen LogP contribution in [0.15, 0.2) is 48.5 Å². The van der Waals surface area contributed by atoms with E-state index in [1.54, 1.807) is 29.2 Å². The molecule has 1 saturated carbocycles. The van der Waals surface area contributed by atoms with Gasteiger partial charge in [0.2, 0.25) is 29.7 Å². The highest BCUT2D eigenvalue weighted by molar-refractivity contribution is 6.13. The van der Waals surface area contributed by atoms with E-state index in [2.05, 4.69) is 20.3 Å². The van der Waals surface area contributed by atoms with Gasteiger partial charge >= 0.3 is 0 Å². The molecule has 12 nitrogen and oxygen atoms in total. The predicted molar refractivity (Wildman–Crippen MR) is 163 cm³/mol. The normalized spacial score (nSPS) is 18.0. The third-order valence-electron chi connectivity index (χ3n) is 8.63. The van der Waals surface area contributed by atoms with E-state index in [0.29, 0.717) is 93.9 Å². The highest BCUT2D eigenvalue weighted by Gasteiger charge is 2.58. The van der Waals surface area contributed by atoms with E-state index >= 15 is 0 Å². The van der Waals surface area contributed by atoms with Gasteiger partial charge in [0.05, 0.1) is 24.2 Å². The standard InChI is InChI=1S/C31H33F2N9O3/c1-20-6-8-21(9-7-20)34-26(43)31(10-11-31)27(44)39-12-14-40(15-13-39)28-36-29(41-16-18-45-19-17-41)38-30(37-28)42-23-5-3-2-4-22(23)35-25(42)24(32)33/h2-9,24H,10-19H2,1H3,(H,34,43). The Kier molecular flexibility index (Phi) is 7.51. The Labute approximate surface area is 258 Å². The van der Waals surface area contributed by atoms with Crippen molar-refractivity contribution in [3.63, 3.8) is 0 Å². The quantitative estimate of drug-likeness (QED) is 0.311. The van der Waals surface area contributed by atoms with Gasteiger partial charge in [0.1, 0.15) is 5.41 Å². The molecule has 2 amide bonds. The van der Waals surface area contributed by atoms with Gasteiger partial charge in [0.25, 0.3) is 6.43 Å². The van der Waals surface area contributed by atoms with Crippen LogP contribution in [0.3, 0.4) is 0 Å². The molecule has 3 fully saturated rings. The fraction of sp³-hybridized carbons (Fsp3) is 0.419. The molecule has 2 aromatic carbocycles. The van der Waals surface area contributed by atoms with Gasteiger partial charge in [-0.25, -0.2) is 13.8 Å². The number of piperazine rings is 1. The van der Waals surface area contributed by atoms with Gasteiger partial charge in [-0.05, 0) is 44.0 Å². The van der Waals surface area contributed by atoms with E-state index in [1.807, 2.05) is 41.0 Å². The Balaban J connectivity index is 1.13. The number of hydrogen-bond donors (Lipinski definition) is 1. The van der Waals surface area contributed by atoms with Crippen molar-refractivity contribution in [2.45, 2.75) is 26.2 Å². The number of alkyl halides is 2. The molecule has 14 heteroatoms. The highest BCUT2D eigenvalue weighted by Crippen LogP contribution is 2.48. The van der Waals surface area contributed by atoms with E-state index in [-0.39, 0.29) is 17.8 Å². The number of benzene rings is 2. The summed E-state index contributed by atoms with van der Waals surface area (Å²) in [6.45, 7) is 5.58. The minimum atomic E-state index is -2.85. The van der Waals surface area contributed by atoms with Crippen molar-refractivity contribution in [2.24, 2.45) is 5.41 Å². The fourth-order valence-electron chi connectivity index (χ4n) is 5.85. The number of carbonyl (C=O) groups excluding carboxylic acids is 2. The number of fused-ring (bicyclic) bond motifs is 1. The lowest BCUT2D eigenvalue weighted by molar-refractivity contribution is -0.142. The summed E-state index contributed by atoms with van der Waals surface area (Å²) in [6, 6.07) is 14.4. The second-order valence-electron chi connectivity index (χ2n) is 11.6. The van der Waals surface area contributed by atoms with Gasteiger partial charge in [-0.3, -0.25) is 14.2 Å². The molecule has 2 aromatic heterocycles. The summed E-state index contributed by atoms with van der Waals surface area (Å²) in [5.74, 6) is -0.171. The molecular weight excluding hydrogens is 584 g/mol. The van der Waals surface area contributed by atoms with Crippen LogP contribution in [0.25, 0.3) is 17.0 Å². The van der Waals surface area contributed by atoms with Gasteiger partial charge in [-0.15, -0.1) is 0 Å². The van der Waals surface area contributed by atoms with Crippen molar-refractivity contribution in [3.8, 4) is 5.95 Å². The lowest BCUT2D eigenvalue weighted by atomic mass is 10.0. The number of rotatable bonds is 7. The van der Waals surface area contributed by atoms with E-state index in [0.717, 1.165) is 5.56 Å². The van der Waals surface area contributed by atoms with Crippen LogP contribution in [0.5, 0.6) is 0 Å². The zero-order valence-corrected chi connectivity index (χ0v) is 24.8. The molecule has 0 bridgehead atoms. The molecule has 0 unspecified atom stereocenters. The topological polar surface area (TPSA) is 122 Å². The Morgan fingerprint density at radius 1 is 0.822 bits per heavy atom. The Morgan fingerprint density at radius 2 is 1.44 bits per heavy atom. The number of amides is 2. The van der Waals surface area contributed by atoms with Gasteiger partial charge < -0.3 is 24.8 Å². The molecule has 2 saturated heterocycles. The largest absolute Gasteiger partial charge is 0.378 e. The fourth-order valence-corrected chi connectivity index (χ4v) is 5.85. The smallest absolute Gasteiger partial charge is 0.296 e. The van der Waals surface area contributed by atoms with Gasteiger partial charge in [-0.1, -0.05) is 29.8 Å². The summed E-state index contributed by atoms with van der Waals surface area (Å²) in [5.41, 5.74) is 1.57. The van der Waals surface area contributed by atoms with Crippen LogP contribution in [-0.2, 0) is 14.3 Å². The molecule has 2 aliphatic heterocycles. The maximum Gasteiger partial charge on any atom is 0.296 e. The third-order valence-corrected chi connectivity index (χ3v) is 8.63. The first-order valence-electron chi connectivity index (χ1n) is 15.1. The molecule has 45 heavy (non-hydrogen) atoms. The van der Waals surface area contributed by atoms with Crippen molar-refractivity contribution >= 4 is 40.4 Å². The number of para-hydroxylation sites is 2. The number of carbonyl (C=O) groups is 2. The summed E-state index contributed by atoms with van der Waals surface area (Å²) in [7, 11) is 0. The SMILES string of the molecule is Cc1ccc(NC(=O)C2(C(=O)N3CCN(c4nc(N5CCOCC5)nc(-n5c(C(F)F)nc6ccccc65)n4)CC3)CC2)cc1. The first kappa shape index (κ1) is 29.0. The van der Waals surface area contributed by atoms with E-state index in [9.17, 15) is 18.4 Å². The summed E-state index contributed by atoms with van der Waals surface area (Å²) < 4.78 is 35.2. The van der Waals surface area contributed by atoms with Gasteiger partial charge in [-0.2, -0.15) is 15.0 Å². The highest BCUT2D eigenvalue weighted by atomic mass is 19.3. The number of aromatic nitrogens is 5. The zero-order chi connectivity index (χ0) is 31.1. The Hall–Kier alpha value is -4.72. The maximum absolute atomic E-state index is 14.2. The summed E-state index contributed by atoms with van der Waals surface area (Å²) in [5, 5.41) is 2.91. The van der Waals surface area contributed by atoms with E-state index in [1.165, 1.54) is 4.57 Å². The minimum Gasteiger partial charge on any atom is -0.378 e. The summed E-state index contributed by atoms with van der Waals surface area (Å²) in [4.78, 5) is 50.6. The molecular formula is C31H33F2N9O3. The third kappa shape index (κ3) is 5.54. The number of ether oxygens (including phenoxy) is 1. The van der Waals surface area contributed by atoms with Crippen LogP contribution in [0.2, 0.25) is 0 Å². The van der Waals surface area contributed by atoms with Crippen molar-refractivity contribution in [3.05, 3.63) is 59.9 Å². The number of nitrogens with zero attached hydrogens (tertiary/aromatic N) is 8. The Bertz CT molecular complexity index is 1730. The second kappa shape index (κ2) is 11.7. The van der Waals surface area contributed by atoms with Crippen LogP contribution < -0.4 is 15.1 Å². The number of morpholine rings is 1. The molecule has 0 spiro atoms. The average Bonchev–Trinajstić information content (AvgIpc) is 3.79. The van der Waals surface area contributed by atoms with Crippen LogP contribution in [0.1, 0.15) is 30.7 Å². The number of halogens is 2. The number of hydrogen-bond acceptors (Lipinski definition) is 9. The van der Waals surface area contributed by atoms with Crippen molar-refractivity contribution in [1.29, 1.82) is 0 Å². The number of anilines is 3. The average molecular weight is 618 g/mol. The minimum absolute atomic E-state index is 0.0497. The first-order valence-corrected chi connectivity index (χ1v) is 15.1. The second-order valence-corrected chi connectivity index (χ2v) is 11.6. The molecule has 4 heterocycles. The number of imidazole rings is 1. The van der Waals surface area contributed by atoms with Crippen molar-refractivity contribution in [2.75, 3.05) is 67.6 Å². The van der Waals surface area contributed by atoms with Crippen molar-refractivity contribution in [1.82, 2.24) is 29.4 Å². The summed E-state index contributed by atoms with van der Waals surface area (Å²) in [6.07, 6.45) is -1.83. The maximum atomic E-state index is 14.2. The van der Waals surface area contributed by atoms with Gasteiger partial charge in [0, 0.05) is 45.0 Å². The first-order chi connectivity index (χ1) is 21.8. The molecule has 0 radical (unpaired) electrons. The van der Waals surface area contributed by atoms with Crippen molar-refractivity contribution < 1.29 is 23.1 Å². The van der Waals surface area contributed by atoms with Crippen LogP contribution in [-0.4, -0.2) is 93.7 Å². The predicted octanol–water partition coefficient (Wildman–Crippen LogP) is 3.36. The number of nitrogens with one attached hydrogen (secondary N) is 1. The summed E-state index contributed by atoms with van der Waals surface area (Å²) >= 11 is 0. The Morgan fingerprint density at radius 3 is 2.09 bits per heavy atom. The van der Waals surface area contributed by atoms with Crippen LogP contribution >= 0.6 is 0 Å². The lowest BCUT2D eigenvalue weighted by Gasteiger charge is -2.36. The molecule has 0 atom stereocenters. The van der Waals surface area contributed by atoms with E-state index in [4.69, 9.17) is 9.72 Å². The van der Waals surface area contributed by atoms with Crippen LogP contribution in [0, 0.1) is 12.3 Å². The zero-order valence-electron chi connectivity index (χ0n) is 24.8. The number of aryl methyl sites for hydroxylation is 1. The monoisotopic (exact) mass is 617 g/mol. The van der Waals surface area contributed by atoms with Crippen LogP contribution in [0.4, 0.5) is 26.4 Å². The molecule has 3 aliphatic rings. The molecule has 7 rings (SSSR count). The van der Waals surface area contributed by atoms with E-state index < -0.39 is 17.7 Å². The lowest BCUT2D eigenvalue weighted by Crippen LogP contribution is -2.53. The molecule has 1 aliphatic carbocycles.